The van der Waals surface area contributed by atoms with Crippen LogP contribution in [0.4, 0.5) is 11.4 Å². The van der Waals surface area contributed by atoms with E-state index < -0.39 is 0 Å². The molecule has 0 radical (unpaired) electrons. The highest BCUT2D eigenvalue weighted by molar-refractivity contribution is 6.03. The van der Waals surface area contributed by atoms with Gasteiger partial charge in [-0.15, -0.1) is 0 Å². The van der Waals surface area contributed by atoms with Gasteiger partial charge in [0.05, 0.1) is 97.8 Å². The minimum Gasteiger partial charge on any atom is -0.377 e. The number of unbranched alkanes of at least 4 members (excludes halogenated alkanes) is 2. The lowest BCUT2D eigenvalue weighted by Crippen LogP contribution is -2.45. The van der Waals surface area contributed by atoms with Crippen molar-refractivity contribution in [3.63, 3.8) is 0 Å². The number of allylic oxidation sites excluding steroid dienone is 4. The molecule has 9 rings (SSSR count). The minimum absolute atomic E-state index is 0.0111. The first-order chi connectivity index (χ1) is 45.8. The van der Waals surface area contributed by atoms with Crippen molar-refractivity contribution in [1.29, 1.82) is 0 Å². The van der Waals surface area contributed by atoms with Crippen LogP contribution in [0.1, 0.15) is 155 Å². The molecule has 0 spiro atoms. The van der Waals surface area contributed by atoms with Gasteiger partial charge in [0, 0.05) is 99.1 Å². The molecule has 3 saturated carbocycles. The average Bonchev–Trinajstić information content (AvgIpc) is 1.66. The lowest BCUT2D eigenvalue weighted by molar-refractivity contribution is -0.401. The van der Waals surface area contributed by atoms with Crippen LogP contribution in [0.3, 0.4) is 0 Å². The van der Waals surface area contributed by atoms with Crippen LogP contribution >= 0.6 is 0 Å². The number of para-hydroxylation sites is 2. The lowest BCUT2D eigenvalue weighted by Gasteiger charge is -2.53. The molecule has 22 heteroatoms. The van der Waals surface area contributed by atoms with E-state index in [-0.39, 0.29) is 69.6 Å². The van der Waals surface area contributed by atoms with E-state index in [2.05, 4.69) is 127 Å². The van der Waals surface area contributed by atoms with Gasteiger partial charge in [-0.25, -0.2) is 9.78 Å². The van der Waals surface area contributed by atoms with Crippen LogP contribution in [-0.4, -0.2) is 195 Å². The fourth-order valence-corrected chi connectivity index (χ4v) is 14.3. The number of hydrogen-bond acceptors (Lipinski definition) is 14. The van der Waals surface area contributed by atoms with Crippen LogP contribution < -0.4 is 26.8 Å². The number of nitrogens with one attached hydrogen (secondary N) is 3. The third-order valence-corrected chi connectivity index (χ3v) is 19.9. The highest BCUT2D eigenvalue weighted by atomic mass is 16.6. The van der Waals surface area contributed by atoms with Crippen molar-refractivity contribution in [3.05, 3.63) is 110 Å². The van der Waals surface area contributed by atoms with Crippen molar-refractivity contribution < 1.29 is 52.2 Å². The molecule has 3 N–H and O–H groups in total. The monoisotopic (exact) mass is 1320 g/mol. The number of aromatic amines is 1. The summed E-state index contributed by atoms with van der Waals surface area (Å²) in [4.78, 5) is 92.4. The summed E-state index contributed by atoms with van der Waals surface area (Å²) in [5.41, 5.74) is 7.58. The quantitative estimate of drug-likeness (QED) is 0.0280. The summed E-state index contributed by atoms with van der Waals surface area (Å²) in [6.07, 6.45) is 17.9. The van der Waals surface area contributed by atoms with E-state index in [9.17, 15) is 28.8 Å². The normalized spacial score (nSPS) is 18.9. The van der Waals surface area contributed by atoms with E-state index >= 15 is 0 Å². The van der Waals surface area contributed by atoms with Crippen LogP contribution in [0.25, 0.3) is 11.2 Å². The molecule has 0 unspecified atom stereocenters. The Morgan fingerprint density at radius 2 is 1.19 bits per heavy atom. The summed E-state index contributed by atoms with van der Waals surface area (Å²) in [5, 5.41) is 5.70. The number of imidazole rings is 1. The Balaban J connectivity index is 0.571. The average molecular weight is 1320 g/mol. The van der Waals surface area contributed by atoms with Crippen molar-refractivity contribution in [2.24, 2.45) is 5.41 Å². The number of ether oxygens (including phenoxy) is 6. The van der Waals surface area contributed by atoms with Gasteiger partial charge < -0.3 is 58.7 Å². The number of aromatic nitrogens is 4. The summed E-state index contributed by atoms with van der Waals surface area (Å²) >= 11 is 0. The van der Waals surface area contributed by atoms with E-state index in [1.165, 1.54) is 43.4 Å². The molecule has 3 fully saturated rings. The molecule has 0 saturated heterocycles. The van der Waals surface area contributed by atoms with Gasteiger partial charge in [0.15, 0.2) is 11.2 Å². The molecular weight excluding hydrogens is 1210 g/mol. The second-order valence-electron chi connectivity index (χ2n) is 27.1. The number of likely N-dealkylation sites (N-methyl/N-ethyl adjacent to an activating group) is 2. The molecule has 522 valence electrons. The fourth-order valence-electron chi connectivity index (χ4n) is 14.3. The van der Waals surface area contributed by atoms with E-state index in [0.717, 1.165) is 83.0 Å². The van der Waals surface area contributed by atoms with Gasteiger partial charge in [-0.05, 0) is 115 Å². The number of amides is 4. The van der Waals surface area contributed by atoms with Gasteiger partial charge in [0.2, 0.25) is 29.3 Å². The maximum Gasteiger partial charge on any atom is 0.332 e. The molecule has 4 aromatic rings. The first kappa shape index (κ1) is 74.0. The third-order valence-electron chi connectivity index (χ3n) is 19.9. The Labute approximate surface area is 562 Å². The molecule has 2 aromatic heterocycles. The summed E-state index contributed by atoms with van der Waals surface area (Å²) < 4.78 is 38.9. The van der Waals surface area contributed by atoms with Crippen LogP contribution in [0.2, 0.25) is 0 Å². The first-order valence-corrected chi connectivity index (χ1v) is 35.0. The van der Waals surface area contributed by atoms with Crippen LogP contribution in [0, 0.1) is 5.41 Å². The number of aryl methyl sites for hydroxylation is 1. The van der Waals surface area contributed by atoms with E-state index in [0.29, 0.717) is 142 Å². The molecular formula is C73H109N10O12+. The number of fused-ring (bicyclic) bond motifs is 6. The molecule has 5 aliphatic rings. The number of benzene rings is 2. The van der Waals surface area contributed by atoms with Gasteiger partial charge in [0.1, 0.15) is 18.5 Å². The zero-order valence-electron chi connectivity index (χ0n) is 58.4. The largest absolute Gasteiger partial charge is 0.377 e. The third kappa shape index (κ3) is 18.9. The Morgan fingerprint density at radius 3 is 1.77 bits per heavy atom. The van der Waals surface area contributed by atoms with Crippen molar-refractivity contribution in [3.8, 4) is 0 Å². The number of rotatable bonds is 42. The summed E-state index contributed by atoms with van der Waals surface area (Å²) in [6.45, 7) is 22.6. The molecule has 4 heterocycles. The maximum absolute atomic E-state index is 13.4. The highest BCUT2D eigenvalue weighted by Gasteiger charge is 2.51. The predicted molar refractivity (Wildman–Crippen MR) is 370 cm³/mol. The van der Waals surface area contributed by atoms with Crippen LogP contribution in [0.5, 0.6) is 0 Å². The zero-order valence-corrected chi connectivity index (χ0v) is 58.4. The molecule has 2 bridgehead atoms. The van der Waals surface area contributed by atoms with Crippen molar-refractivity contribution in [2.45, 2.75) is 168 Å². The topological polar surface area (TPSA) is 233 Å². The Kier molecular flexibility index (Phi) is 27.6. The Hall–Kier alpha value is -6.82. The molecule has 95 heavy (non-hydrogen) atoms. The number of carbonyl (C=O) groups is 4. The van der Waals surface area contributed by atoms with Crippen LogP contribution in [-0.2, 0) is 76.9 Å². The maximum atomic E-state index is 13.4. The van der Waals surface area contributed by atoms with E-state index in [4.69, 9.17) is 33.4 Å². The molecule has 4 amide bonds. The minimum atomic E-state index is -0.325. The number of H-pyrrole nitrogens is 1. The van der Waals surface area contributed by atoms with Gasteiger partial charge in [-0.3, -0.25) is 33.1 Å². The van der Waals surface area contributed by atoms with Crippen molar-refractivity contribution >= 4 is 51.9 Å². The van der Waals surface area contributed by atoms with E-state index in [1.807, 2.05) is 20.8 Å². The number of carbonyl (C=O) groups excluding carboxylic acids is 4. The number of hydrogen-bond donors (Lipinski definition) is 3. The summed E-state index contributed by atoms with van der Waals surface area (Å²) in [7, 11) is 3.82. The smallest absolute Gasteiger partial charge is 0.332 e. The van der Waals surface area contributed by atoms with Gasteiger partial charge in [-0.1, -0.05) is 76.6 Å². The standard InChI is InChI=1S/C73H108N10O12/c1-10-38-82-66-65(67(88)83(39-11-2)69(82)89)76-68(77-66)73-33-30-72(31-34-73,32-35-73)29-28-63(86)78(8)53-61(84)74-36-41-90-43-45-92-47-49-94-51-52-95-50-48-93-46-44-91-42-37-75-62(85)54-80(12-3)64(87)27-14-13-19-40-81-58-24-18-16-22-56(58)71(6,7)60(81)26-20-25-59-70(4,5)55-21-15-17-23-57(55)79(59)9/h15-18,20-26H,10-14,19,27-54H2,1-9H3,(H2-,74,75,76,77,84,85,88)/p+1. The van der Waals surface area contributed by atoms with Gasteiger partial charge in [-0.2, -0.15) is 4.58 Å². The second kappa shape index (κ2) is 35.4. The molecule has 2 aromatic carbocycles. The summed E-state index contributed by atoms with van der Waals surface area (Å²) in [6, 6.07) is 17.3. The van der Waals surface area contributed by atoms with Crippen molar-refractivity contribution in [1.82, 2.24) is 39.5 Å². The number of anilines is 1. The summed E-state index contributed by atoms with van der Waals surface area (Å²) in [5.74, 6) is 0.294. The zero-order chi connectivity index (χ0) is 68.0. The predicted octanol–water partition coefficient (Wildman–Crippen LogP) is 8.22. The molecule has 3 aliphatic carbocycles. The number of nitrogens with zero attached hydrogens (tertiary/aromatic N) is 7. The highest BCUT2D eigenvalue weighted by Crippen LogP contribution is 2.59. The molecule has 0 atom stereocenters. The molecule has 2 aliphatic heterocycles. The lowest BCUT2D eigenvalue weighted by atomic mass is 9.52. The molecule has 22 nitrogen and oxygen atoms in total. The Morgan fingerprint density at radius 1 is 0.642 bits per heavy atom. The van der Waals surface area contributed by atoms with Crippen LogP contribution in [0.15, 0.2) is 82.0 Å². The Bertz CT molecular complexity index is 3410. The fraction of sp³-hybridized carbons (Fsp3) is 0.644. The van der Waals surface area contributed by atoms with Gasteiger partial charge in [0.25, 0.3) is 5.56 Å². The first-order valence-electron chi connectivity index (χ1n) is 35.0. The SMILES string of the molecule is CCCn1c(=O)c2nc(C34CCC(CCC(=O)N(C)CC(=O)NCCOCCOCCOCCOCCOCCOCCNC(=O)CN(CC)C(=O)CCCCCN5/C(=C\C=C\C6=[N+](C)c7ccccc7C6(C)C)C(C)(C)c6ccccc65)(CC3)CC4)[nH]c2n(CCC)c1=O. The van der Waals surface area contributed by atoms with E-state index in [1.54, 1.807) is 16.5 Å². The second-order valence-corrected chi connectivity index (χ2v) is 27.1. The van der Waals surface area contributed by atoms with Gasteiger partial charge >= 0.3 is 5.69 Å². The van der Waals surface area contributed by atoms with Crippen molar-refractivity contribution in [2.75, 3.05) is 138 Å².